The fourth-order valence-electron chi connectivity index (χ4n) is 1.90. The van der Waals surface area contributed by atoms with E-state index >= 15 is 0 Å². The molecular formula is C12H16BrNO. The zero-order valence-corrected chi connectivity index (χ0v) is 10.7. The topological polar surface area (TPSA) is 21.3 Å². The maximum Gasteiger partial charge on any atom is 0.144 e. The number of rotatable bonds is 2. The Balaban J connectivity index is 2.32. The van der Waals surface area contributed by atoms with E-state index in [0.29, 0.717) is 0 Å². The van der Waals surface area contributed by atoms with Crippen LogP contribution in [0.5, 0.6) is 5.75 Å². The minimum atomic E-state index is -0.0339. The van der Waals surface area contributed by atoms with Crippen LogP contribution in [0.25, 0.3) is 0 Å². The Hall–Kier alpha value is -0.700. The lowest BCUT2D eigenvalue weighted by Crippen LogP contribution is -2.44. The van der Waals surface area contributed by atoms with Gasteiger partial charge in [0.2, 0.25) is 0 Å². The molecule has 0 aromatic heterocycles. The number of anilines is 1. The van der Waals surface area contributed by atoms with Crippen molar-refractivity contribution in [2.75, 3.05) is 11.9 Å². The van der Waals surface area contributed by atoms with Crippen LogP contribution in [-0.2, 0) is 0 Å². The van der Waals surface area contributed by atoms with Crippen molar-refractivity contribution in [3.8, 4) is 5.75 Å². The molecule has 0 aliphatic carbocycles. The fraction of sp³-hybridized carbons (Fsp3) is 0.500. The van der Waals surface area contributed by atoms with Gasteiger partial charge in [0, 0.05) is 4.47 Å². The molecule has 3 heteroatoms. The van der Waals surface area contributed by atoms with Gasteiger partial charge < -0.3 is 10.1 Å². The van der Waals surface area contributed by atoms with E-state index in [0.717, 1.165) is 35.3 Å². The van der Waals surface area contributed by atoms with Gasteiger partial charge in [-0.15, -0.1) is 0 Å². The van der Waals surface area contributed by atoms with Crippen molar-refractivity contribution < 1.29 is 4.74 Å². The third-order valence-electron chi connectivity index (χ3n) is 3.16. The van der Waals surface area contributed by atoms with E-state index in [1.54, 1.807) is 0 Å². The number of ether oxygens (including phenoxy) is 1. The van der Waals surface area contributed by atoms with Crippen molar-refractivity contribution in [2.24, 2.45) is 0 Å². The number of nitrogens with one attached hydrogen (secondary N) is 1. The summed E-state index contributed by atoms with van der Waals surface area (Å²) in [4.78, 5) is 0. The lowest BCUT2D eigenvalue weighted by molar-refractivity contribution is 0.0670. The molecule has 2 rings (SSSR count). The van der Waals surface area contributed by atoms with E-state index in [1.807, 2.05) is 12.1 Å². The molecule has 1 heterocycles. The van der Waals surface area contributed by atoms with Crippen molar-refractivity contribution >= 4 is 21.6 Å². The molecule has 0 saturated heterocycles. The zero-order chi connectivity index (χ0) is 10.9. The van der Waals surface area contributed by atoms with Gasteiger partial charge in [-0.1, -0.05) is 29.8 Å². The molecule has 0 unspecified atom stereocenters. The highest BCUT2D eigenvalue weighted by Gasteiger charge is 2.32. The van der Waals surface area contributed by atoms with Gasteiger partial charge >= 0.3 is 0 Å². The Morgan fingerprint density at radius 3 is 2.80 bits per heavy atom. The molecule has 1 aromatic carbocycles. The standard InChI is InChI=1S/C12H16BrNO/c1-3-12(4-2)8-14-10-6-5-9(13)7-11(10)15-12/h5-7,14H,3-4,8H2,1-2H3. The van der Waals surface area contributed by atoms with E-state index in [1.165, 1.54) is 0 Å². The summed E-state index contributed by atoms with van der Waals surface area (Å²) < 4.78 is 7.17. The monoisotopic (exact) mass is 269 g/mol. The predicted molar refractivity (Wildman–Crippen MR) is 66.6 cm³/mol. The second kappa shape index (κ2) is 4.05. The molecule has 1 aliphatic rings. The Kier molecular flexibility index (Phi) is 2.91. The molecule has 0 spiro atoms. The normalized spacial score (nSPS) is 17.5. The van der Waals surface area contributed by atoms with Crippen LogP contribution in [0, 0.1) is 0 Å². The number of fused-ring (bicyclic) bond motifs is 1. The average molecular weight is 270 g/mol. The first-order chi connectivity index (χ1) is 7.19. The van der Waals surface area contributed by atoms with E-state index in [2.05, 4.69) is 41.2 Å². The number of benzene rings is 1. The summed E-state index contributed by atoms with van der Waals surface area (Å²) >= 11 is 3.46. The molecule has 0 radical (unpaired) electrons. The first kappa shape index (κ1) is 10.8. The number of hydrogen-bond acceptors (Lipinski definition) is 2. The second-order valence-electron chi connectivity index (χ2n) is 3.99. The highest BCUT2D eigenvalue weighted by atomic mass is 79.9. The first-order valence-corrected chi connectivity index (χ1v) is 6.21. The van der Waals surface area contributed by atoms with Crippen LogP contribution in [0.4, 0.5) is 5.69 Å². The van der Waals surface area contributed by atoms with E-state index in [4.69, 9.17) is 4.74 Å². The summed E-state index contributed by atoms with van der Waals surface area (Å²) in [7, 11) is 0. The molecule has 0 saturated carbocycles. The predicted octanol–water partition coefficient (Wildman–Crippen LogP) is 3.81. The molecular weight excluding hydrogens is 254 g/mol. The fourth-order valence-corrected chi connectivity index (χ4v) is 2.24. The summed E-state index contributed by atoms with van der Waals surface area (Å²) in [5.74, 6) is 0.958. The van der Waals surface area contributed by atoms with E-state index in [-0.39, 0.29) is 5.60 Å². The molecule has 15 heavy (non-hydrogen) atoms. The Labute approximate surface area is 99.1 Å². The van der Waals surface area contributed by atoms with Gasteiger partial charge in [0.25, 0.3) is 0 Å². The van der Waals surface area contributed by atoms with Gasteiger partial charge in [-0.25, -0.2) is 0 Å². The average Bonchev–Trinajstić information content (AvgIpc) is 2.28. The molecule has 2 nitrogen and oxygen atoms in total. The van der Waals surface area contributed by atoms with Crippen LogP contribution in [0.15, 0.2) is 22.7 Å². The molecule has 82 valence electrons. The molecule has 1 N–H and O–H groups in total. The highest BCUT2D eigenvalue weighted by Crippen LogP contribution is 2.37. The molecule has 1 aliphatic heterocycles. The van der Waals surface area contributed by atoms with Crippen molar-refractivity contribution in [2.45, 2.75) is 32.3 Å². The molecule has 0 amide bonds. The minimum absolute atomic E-state index is 0.0339. The Bertz CT molecular complexity index is 361. The minimum Gasteiger partial charge on any atom is -0.483 e. The summed E-state index contributed by atoms with van der Waals surface area (Å²) in [6.45, 7) is 5.25. The lowest BCUT2D eigenvalue weighted by Gasteiger charge is -2.38. The number of hydrogen-bond donors (Lipinski definition) is 1. The molecule has 0 bridgehead atoms. The van der Waals surface area contributed by atoms with Crippen LogP contribution < -0.4 is 10.1 Å². The van der Waals surface area contributed by atoms with Gasteiger partial charge in [-0.2, -0.15) is 0 Å². The van der Waals surface area contributed by atoms with Crippen molar-refractivity contribution in [1.29, 1.82) is 0 Å². The second-order valence-corrected chi connectivity index (χ2v) is 4.90. The Morgan fingerprint density at radius 1 is 1.40 bits per heavy atom. The Morgan fingerprint density at radius 2 is 2.13 bits per heavy atom. The largest absolute Gasteiger partial charge is 0.483 e. The highest BCUT2D eigenvalue weighted by molar-refractivity contribution is 9.10. The van der Waals surface area contributed by atoms with Gasteiger partial charge in [-0.3, -0.25) is 0 Å². The van der Waals surface area contributed by atoms with Crippen molar-refractivity contribution in [3.05, 3.63) is 22.7 Å². The van der Waals surface area contributed by atoms with Gasteiger partial charge in [-0.05, 0) is 31.0 Å². The van der Waals surface area contributed by atoms with Crippen LogP contribution in [0.2, 0.25) is 0 Å². The third kappa shape index (κ3) is 1.98. The zero-order valence-electron chi connectivity index (χ0n) is 9.14. The van der Waals surface area contributed by atoms with Gasteiger partial charge in [0.15, 0.2) is 0 Å². The van der Waals surface area contributed by atoms with Crippen molar-refractivity contribution in [3.63, 3.8) is 0 Å². The number of halogens is 1. The SMILES string of the molecule is CCC1(CC)CNc2ccc(Br)cc2O1. The van der Waals surface area contributed by atoms with Gasteiger partial charge in [0.1, 0.15) is 11.4 Å². The lowest BCUT2D eigenvalue weighted by atomic mass is 9.95. The quantitative estimate of drug-likeness (QED) is 0.882. The maximum atomic E-state index is 6.11. The first-order valence-electron chi connectivity index (χ1n) is 5.41. The molecule has 1 aromatic rings. The van der Waals surface area contributed by atoms with Gasteiger partial charge in [0.05, 0.1) is 12.2 Å². The van der Waals surface area contributed by atoms with E-state index in [9.17, 15) is 0 Å². The molecule has 0 atom stereocenters. The van der Waals surface area contributed by atoms with Crippen LogP contribution in [0.1, 0.15) is 26.7 Å². The summed E-state index contributed by atoms with van der Waals surface area (Å²) in [6.07, 6.45) is 2.06. The van der Waals surface area contributed by atoms with E-state index < -0.39 is 0 Å². The summed E-state index contributed by atoms with van der Waals surface area (Å²) in [5, 5.41) is 3.44. The van der Waals surface area contributed by atoms with Crippen LogP contribution in [-0.4, -0.2) is 12.1 Å². The molecule has 0 fully saturated rings. The van der Waals surface area contributed by atoms with Crippen LogP contribution in [0.3, 0.4) is 0 Å². The van der Waals surface area contributed by atoms with Crippen molar-refractivity contribution in [1.82, 2.24) is 0 Å². The maximum absolute atomic E-state index is 6.11. The third-order valence-corrected chi connectivity index (χ3v) is 3.65. The summed E-state index contributed by atoms with van der Waals surface area (Å²) in [6, 6.07) is 6.11. The summed E-state index contributed by atoms with van der Waals surface area (Å²) in [5.41, 5.74) is 1.06. The van der Waals surface area contributed by atoms with Crippen LogP contribution >= 0.6 is 15.9 Å². The smallest absolute Gasteiger partial charge is 0.144 e.